The van der Waals surface area contributed by atoms with Crippen molar-refractivity contribution in [3.05, 3.63) is 64.2 Å². The minimum atomic E-state index is -0.575. The summed E-state index contributed by atoms with van der Waals surface area (Å²) in [7, 11) is 0. The fourth-order valence-corrected chi connectivity index (χ4v) is 2.47. The van der Waals surface area contributed by atoms with Crippen LogP contribution in [0.2, 0.25) is 0 Å². The van der Waals surface area contributed by atoms with Gasteiger partial charge in [-0.05, 0) is 42.8 Å². The third-order valence-electron chi connectivity index (χ3n) is 4.12. The molecule has 2 rings (SSSR count). The molecule has 0 fully saturated rings. The summed E-state index contributed by atoms with van der Waals surface area (Å²) in [5.41, 5.74) is 4.83. The number of benzene rings is 2. The first-order valence-electron chi connectivity index (χ1n) is 9.69. The van der Waals surface area contributed by atoms with Gasteiger partial charge in [0.05, 0.1) is 11.5 Å². The molecule has 0 heterocycles. The Hall–Kier alpha value is -3.62. The normalized spacial score (nSPS) is 10.2. The van der Waals surface area contributed by atoms with Crippen molar-refractivity contribution in [3.8, 4) is 11.5 Å². The van der Waals surface area contributed by atoms with Crippen LogP contribution < -0.4 is 20.3 Å². The Morgan fingerprint density at radius 1 is 0.900 bits per heavy atom. The van der Waals surface area contributed by atoms with Crippen LogP contribution in [0.3, 0.4) is 0 Å². The van der Waals surface area contributed by atoms with Crippen LogP contribution in [-0.2, 0) is 4.79 Å². The number of nitrogens with one attached hydrogen (secondary N) is 2. The highest BCUT2D eigenvalue weighted by molar-refractivity contribution is 5.95. The maximum absolute atomic E-state index is 12.1. The zero-order chi connectivity index (χ0) is 21.8. The minimum absolute atomic E-state index is 0.0769. The fraction of sp³-hybridized carbons (Fsp3) is 0.333. The maximum atomic E-state index is 12.1. The summed E-state index contributed by atoms with van der Waals surface area (Å²) in [5.74, 6) is -0.0714. The molecule has 0 aliphatic heterocycles. The lowest BCUT2D eigenvalue weighted by molar-refractivity contribution is -0.384. The van der Waals surface area contributed by atoms with Crippen LogP contribution in [0.15, 0.2) is 48.5 Å². The highest BCUT2D eigenvalue weighted by atomic mass is 16.6. The van der Waals surface area contributed by atoms with Crippen molar-refractivity contribution < 1.29 is 24.0 Å². The van der Waals surface area contributed by atoms with Crippen molar-refractivity contribution in [1.29, 1.82) is 0 Å². The molecule has 30 heavy (non-hydrogen) atoms. The number of nitro groups is 1. The predicted octanol–water partition coefficient (Wildman–Crippen LogP) is 3.39. The van der Waals surface area contributed by atoms with Gasteiger partial charge in [-0.3, -0.25) is 30.6 Å². The Morgan fingerprint density at radius 3 is 2.17 bits per heavy atom. The molecule has 0 aliphatic rings. The monoisotopic (exact) mass is 415 g/mol. The van der Waals surface area contributed by atoms with Crippen LogP contribution in [0, 0.1) is 10.1 Å². The van der Waals surface area contributed by atoms with E-state index in [4.69, 9.17) is 9.47 Å². The van der Waals surface area contributed by atoms with Crippen molar-refractivity contribution >= 4 is 17.5 Å². The molecule has 0 aliphatic carbocycles. The van der Waals surface area contributed by atoms with Crippen LogP contribution in [0.25, 0.3) is 0 Å². The van der Waals surface area contributed by atoms with Gasteiger partial charge in [0, 0.05) is 17.7 Å². The predicted molar refractivity (Wildman–Crippen MR) is 110 cm³/mol. The molecule has 0 saturated heterocycles. The lowest BCUT2D eigenvalue weighted by atomic mass is 10.2. The largest absolute Gasteiger partial charge is 0.494 e. The molecule has 9 heteroatoms. The third-order valence-corrected chi connectivity index (χ3v) is 4.12. The average Bonchev–Trinajstić information content (AvgIpc) is 2.76. The van der Waals surface area contributed by atoms with Crippen molar-refractivity contribution in [2.24, 2.45) is 0 Å². The van der Waals surface area contributed by atoms with Crippen molar-refractivity contribution in [3.63, 3.8) is 0 Å². The second-order valence-electron chi connectivity index (χ2n) is 6.48. The molecule has 2 aromatic carbocycles. The standard InChI is InChI=1S/C21H25N3O6/c1-2-3-4-5-14-29-18-10-6-16(7-11-18)21(26)23-22-20(25)15-30-19-12-8-17(9-13-19)24(27)28/h6-13H,2-5,14-15H2,1H3,(H,22,25)(H,23,26). The summed E-state index contributed by atoms with van der Waals surface area (Å²) in [4.78, 5) is 34.0. The Labute approximate surface area is 174 Å². The van der Waals surface area contributed by atoms with Gasteiger partial charge < -0.3 is 9.47 Å². The van der Waals surface area contributed by atoms with E-state index in [1.807, 2.05) is 0 Å². The van der Waals surface area contributed by atoms with Gasteiger partial charge >= 0.3 is 0 Å². The molecule has 0 saturated carbocycles. The number of nitrogens with zero attached hydrogens (tertiary/aromatic N) is 1. The molecule has 0 aromatic heterocycles. The van der Waals surface area contributed by atoms with E-state index in [-0.39, 0.29) is 12.3 Å². The molecular weight excluding hydrogens is 390 g/mol. The Balaban J connectivity index is 1.70. The molecule has 2 N–H and O–H groups in total. The highest BCUT2D eigenvalue weighted by Gasteiger charge is 2.09. The smallest absolute Gasteiger partial charge is 0.276 e. The molecule has 2 aromatic rings. The zero-order valence-corrected chi connectivity index (χ0v) is 16.8. The van der Waals surface area contributed by atoms with Gasteiger partial charge in [0.2, 0.25) is 0 Å². The topological polar surface area (TPSA) is 120 Å². The number of hydrazine groups is 1. The number of unbranched alkanes of at least 4 members (excludes halogenated alkanes) is 3. The first-order chi connectivity index (χ1) is 14.5. The maximum Gasteiger partial charge on any atom is 0.276 e. The van der Waals surface area contributed by atoms with E-state index in [2.05, 4.69) is 17.8 Å². The van der Waals surface area contributed by atoms with E-state index < -0.39 is 16.7 Å². The summed E-state index contributed by atoms with van der Waals surface area (Å²) < 4.78 is 10.8. The second-order valence-corrected chi connectivity index (χ2v) is 6.48. The molecule has 0 bridgehead atoms. The quantitative estimate of drug-likeness (QED) is 0.330. The lowest BCUT2D eigenvalue weighted by Crippen LogP contribution is -2.43. The first-order valence-corrected chi connectivity index (χ1v) is 9.69. The molecule has 9 nitrogen and oxygen atoms in total. The minimum Gasteiger partial charge on any atom is -0.494 e. The van der Waals surface area contributed by atoms with Crippen molar-refractivity contribution in [2.45, 2.75) is 32.6 Å². The van der Waals surface area contributed by atoms with Gasteiger partial charge in [0.15, 0.2) is 6.61 Å². The van der Waals surface area contributed by atoms with Gasteiger partial charge in [-0.15, -0.1) is 0 Å². The van der Waals surface area contributed by atoms with Gasteiger partial charge in [-0.2, -0.15) is 0 Å². The van der Waals surface area contributed by atoms with Crippen LogP contribution >= 0.6 is 0 Å². The number of amides is 2. The Bertz CT molecular complexity index is 837. The van der Waals surface area contributed by atoms with Gasteiger partial charge in [0.25, 0.3) is 17.5 Å². The zero-order valence-electron chi connectivity index (χ0n) is 16.8. The number of carbonyl (C=O) groups excluding carboxylic acids is 2. The lowest BCUT2D eigenvalue weighted by Gasteiger charge is -2.10. The Kier molecular flexibility index (Phi) is 9.11. The third kappa shape index (κ3) is 7.78. The van der Waals surface area contributed by atoms with E-state index in [0.717, 1.165) is 12.8 Å². The summed E-state index contributed by atoms with van der Waals surface area (Å²) >= 11 is 0. The van der Waals surface area contributed by atoms with E-state index in [1.54, 1.807) is 24.3 Å². The number of rotatable bonds is 11. The number of hydrogen-bond donors (Lipinski definition) is 2. The average molecular weight is 415 g/mol. The summed E-state index contributed by atoms with van der Waals surface area (Å²) in [6, 6.07) is 11.9. The van der Waals surface area contributed by atoms with Crippen molar-refractivity contribution in [1.82, 2.24) is 10.9 Å². The van der Waals surface area contributed by atoms with Crippen LogP contribution in [-0.4, -0.2) is 30.0 Å². The summed E-state index contributed by atoms with van der Waals surface area (Å²) in [5, 5.41) is 10.6. The van der Waals surface area contributed by atoms with Gasteiger partial charge in [-0.1, -0.05) is 26.2 Å². The van der Waals surface area contributed by atoms with Crippen LogP contribution in [0.4, 0.5) is 5.69 Å². The second kappa shape index (κ2) is 12.1. The molecule has 2 amide bonds. The number of non-ortho nitro benzene ring substituents is 1. The fourth-order valence-electron chi connectivity index (χ4n) is 2.47. The van der Waals surface area contributed by atoms with E-state index in [0.29, 0.717) is 23.7 Å². The molecule has 160 valence electrons. The van der Waals surface area contributed by atoms with Gasteiger partial charge in [0.1, 0.15) is 11.5 Å². The van der Waals surface area contributed by atoms with E-state index in [1.165, 1.54) is 37.1 Å². The number of carbonyl (C=O) groups is 2. The van der Waals surface area contributed by atoms with Crippen LogP contribution in [0.5, 0.6) is 11.5 Å². The SMILES string of the molecule is CCCCCCOc1ccc(C(=O)NNC(=O)COc2ccc([N+](=O)[O-])cc2)cc1. The highest BCUT2D eigenvalue weighted by Crippen LogP contribution is 2.17. The summed E-state index contributed by atoms with van der Waals surface area (Å²) in [6.07, 6.45) is 4.48. The first kappa shape index (κ1) is 22.7. The number of nitro benzene ring substituents is 1. The Morgan fingerprint density at radius 2 is 1.53 bits per heavy atom. The molecule has 0 atom stereocenters. The van der Waals surface area contributed by atoms with Crippen LogP contribution in [0.1, 0.15) is 43.0 Å². The number of ether oxygens (including phenoxy) is 2. The molecular formula is C21H25N3O6. The number of hydrogen-bond acceptors (Lipinski definition) is 6. The van der Waals surface area contributed by atoms with E-state index in [9.17, 15) is 19.7 Å². The molecule has 0 radical (unpaired) electrons. The summed E-state index contributed by atoms with van der Waals surface area (Å²) in [6.45, 7) is 2.43. The molecule has 0 unspecified atom stereocenters. The van der Waals surface area contributed by atoms with Gasteiger partial charge in [-0.25, -0.2) is 0 Å². The van der Waals surface area contributed by atoms with Crippen molar-refractivity contribution in [2.75, 3.05) is 13.2 Å². The van der Waals surface area contributed by atoms with E-state index >= 15 is 0 Å². The molecule has 0 spiro atoms.